The van der Waals surface area contributed by atoms with Crippen LogP contribution < -0.4 is 14.8 Å². The molecule has 1 N–H and O–H groups in total. The number of carbonyl (C=O) groups is 1. The van der Waals surface area contributed by atoms with Crippen molar-refractivity contribution in [3.8, 4) is 28.6 Å². The molecule has 0 aliphatic heterocycles. The smallest absolute Gasteiger partial charge is 0.251 e. The van der Waals surface area contributed by atoms with Crippen LogP contribution in [0.3, 0.4) is 0 Å². The van der Waals surface area contributed by atoms with Crippen LogP contribution in [0.25, 0.3) is 11.3 Å². The average molecular weight is 377 g/mol. The maximum absolute atomic E-state index is 12.3. The van der Waals surface area contributed by atoms with Crippen LogP contribution in [0.15, 0.2) is 60.7 Å². The molecule has 0 fully saturated rings. The molecule has 0 radical (unpaired) electrons. The molecule has 0 aliphatic rings. The number of ether oxygens (including phenoxy) is 2. The summed E-state index contributed by atoms with van der Waals surface area (Å²) in [4.78, 5) is 12.3. The molecule has 6 nitrogen and oxygen atoms in total. The molecule has 3 aromatic rings. The molecule has 144 valence electrons. The number of aromatic nitrogens is 2. The lowest BCUT2D eigenvalue weighted by Crippen LogP contribution is -2.31. The summed E-state index contributed by atoms with van der Waals surface area (Å²) < 4.78 is 11.0. The van der Waals surface area contributed by atoms with Crippen LogP contribution in [0, 0.1) is 0 Å². The molecule has 1 atom stereocenters. The number of methoxy groups -OCH3 is 1. The fraction of sp³-hybridized carbons (Fsp3) is 0.227. The SMILES string of the molecule is CCC(C)NC(=O)c1cccc(-c2ccc(Oc3ccccc3OC)nn2)c1. The largest absolute Gasteiger partial charge is 0.493 e. The Balaban J connectivity index is 1.76. The Morgan fingerprint density at radius 2 is 1.82 bits per heavy atom. The van der Waals surface area contributed by atoms with E-state index in [1.165, 1.54) is 0 Å². The molecule has 1 amide bonds. The van der Waals surface area contributed by atoms with Crippen LogP contribution in [0.4, 0.5) is 0 Å². The van der Waals surface area contributed by atoms with Crippen molar-refractivity contribution in [2.24, 2.45) is 0 Å². The zero-order valence-corrected chi connectivity index (χ0v) is 16.2. The molecule has 1 heterocycles. The highest BCUT2D eigenvalue weighted by atomic mass is 16.5. The average Bonchev–Trinajstić information content (AvgIpc) is 2.74. The third-order valence-electron chi connectivity index (χ3n) is 4.33. The summed E-state index contributed by atoms with van der Waals surface area (Å²) >= 11 is 0. The quantitative estimate of drug-likeness (QED) is 0.657. The van der Waals surface area contributed by atoms with E-state index in [0.29, 0.717) is 28.6 Å². The summed E-state index contributed by atoms with van der Waals surface area (Å²) in [5.74, 6) is 1.45. The first-order chi connectivity index (χ1) is 13.6. The van der Waals surface area contributed by atoms with E-state index < -0.39 is 0 Å². The van der Waals surface area contributed by atoms with Gasteiger partial charge in [-0.15, -0.1) is 10.2 Å². The first kappa shape index (κ1) is 19.4. The normalized spacial score (nSPS) is 11.5. The number of para-hydroxylation sites is 2. The number of hydrogen-bond donors (Lipinski definition) is 1. The van der Waals surface area contributed by atoms with Gasteiger partial charge in [-0.25, -0.2) is 0 Å². The Morgan fingerprint density at radius 1 is 1.04 bits per heavy atom. The Kier molecular flexibility index (Phi) is 6.22. The number of amides is 1. The number of nitrogens with zero attached hydrogens (tertiary/aromatic N) is 2. The van der Waals surface area contributed by atoms with Crippen LogP contribution in [0.1, 0.15) is 30.6 Å². The zero-order chi connectivity index (χ0) is 19.9. The van der Waals surface area contributed by atoms with E-state index >= 15 is 0 Å². The van der Waals surface area contributed by atoms with E-state index in [9.17, 15) is 4.79 Å². The Labute approximate surface area is 164 Å². The van der Waals surface area contributed by atoms with Crippen molar-refractivity contribution in [2.75, 3.05) is 7.11 Å². The molecular weight excluding hydrogens is 354 g/mol. The predicted octanol–water partition coefficient (Wildman–Crippen LogP) is 4.47. The summed E-state index contributed by atoms with van der Waals surface area (Å²) in [5, 5.41) is 11.3. The molecule has 1 unspecified atom stereocenters. The van der Waals surface area contributed by atoms with Gasteiger partial charge in [0.15, 0.2) is 11.5 Å². The van der Waals surface area contributed by atoms with Gasteiger partial charge in [0.1, 0.15) is 0 Å². The fourth-order valence-electron chi connectivity index (χ4n) is 2.57. The molecule has 0 saturated heterocycles. The second kappa shape index (κ2) is 8.99. The summed E-state index contributed by atoms with van der Waals surface area (Å²) in [6, 6.07) is 18.3. The molecule has 0 bridgehead atoms. The van der Waals surface area contributed by atoms with Crippen LogP contribution in [0.2, 0.25) is 0 Å². The van der Waals surface area contributed by atoms with Crippen LogP contribution in [-0.2, 0) is 0 Å². The Morgan fingerprint density at radius 3 is 2.50 bits per heavy atom. The van der Waals surface area contributed by atoms with E-state index in [0.717, 1.165) is 12.0 Å². The molecule has 6 heteroatoms. The van der Waals surface area contributed by atoms with Crippen LogP contribution in [-0.4, -0.2) is 29.3 Å². The number of carbonyl (C=O) groups excluding carboxylic acids is 1. The van der Waals surface area contributed by atoms with E-state index in [1.807, 2.05) is 56.3 Å². The topological polar surface area (TPSA) is 73.3 Å². The van der Waals surface area contributed by atoms with Gasteiger partial charge in [0.25, 0.3) is 5.91 Å². The molecule has 0 saturated carbocycles. The van der Waals surface area contributed by atoms with Crippen molar-refractivity contribution >= 4 is 5.91 Å². The van der Waals surface area contributed by atoms with Gasteiger partial charge in [-0.05, 0) is 43.7 Å². The Bertz CT molecular complexity index is 942. The van der Waals surface area contributed by atoms with Crippen LogP contribution >= 0.6 is 0 Å². The third-order valence-corrected chi connectivity index (χ3v) is 4.33. The van der Waals surface area contributed by atoms with Crippen molar-refractivity contribution in [3.05, 3.63) is 66.2 Å². The standard InChI is InChI=1S/C22H23N3O3/c1-4-15(2)23-22(26)17-9-7-8-16(14-17)18-12-13-21(25-24-18)28-20-11-6-5-10-19(20)27-3/h5-15H,4H2,1-3H3,(H,23,26). The maximum Gasteiger partial charge on any atom is 0.251 e. The minimum Gasteiger partial charge on any atom is -0.493 e. The van der Waals surface area contributed by atoms with Gasteiger partial charge < -0.3 is 14.8 Å². The number of hydrogen-bond acceptors (Lipinski definition) is 5. The maximum atomic E-state index is 12.3. The summed E-state index contributed by atoms with van der Waals surface area (Å²) in [5.41, 5.74) is 2.06. The van der Waals surface area contributed by atoms with Gasteiger partial charge in [-0.3, -0.25) is 4.79 Å². The molecule has 3 rings (SSSR count). The number of rotatable bonds is 7. The third kappa shape index (κ3) is 4.65. The first-order valence-corrected chi connectivity index (χ1v) is 9.16. The van der Waals surface area contributed by atoms with Gasteiger partial charge in [0.2, 0.25) is 5.88 Å². The molecule has 2 aromatic carbocycles. The summed E-state index contributed by atoms with van der Waals surface area (Å²) in [6.07, 6.45) is 0.880. The molecule has 0 spiro atoms. The van der Waals surface area contributed by atoms with Gasteiger partial charge in [-0.2, -0.15) is 0 Å². The van der Waals surface area contributed by atoms with E-state index in [2.05, 4.69) is 15.5 Å². The van der Waals surface area contributed by atoms with E-state index in [4.69, 9.17) is 9.47 Å². The minimum atomic E-state index is -0.0970. The molecular formula is C22H23N3O3. The van der Waals surface area contributed by atoms with Crippen molar-refractivity contribution in [1.82, 2.24) is 15.5 Å². The van der Waals surface area contributed by atoms with Crippen molar-refractivity contribution in [1.29, 1.82) is 0 Å². The van der Waals surface area contributed by atoms with Gasteiger partial charge in [0, 0.05) is 23.2 Å². The summed E-state index contributed by atoms with van der Waals surface area (Å²) in [7, 11) is 1.58. The van der Waals surface area contributed by atoms with Crippen LogP contribution in [0.5, 0.6) is 17.4 Å². The fourth-order valence-corrected chi connectivity index (χ4v) is 2.57. The molecule has 1 aromatic heterocycles. The van der Waals surface area contributed by atoms with E-state index in [1.54, 1.807) is 25.3 Å². The highest BCUT2D eigenvalue weighted by Crippen LogP contribution is 2.30. The first-order valence-electron chi connectivity index (χ1n) is 9.16. The monoisotopic (exact) mass is 377 g/mol. The second-order valence-electron chi connectivity index (χ2n) is 6.37. The zero-order valence-electron chi connectivity index (χ0n) is 16.2. The van der Waals surface area contributed by atoms with Crippen molar-refractivity contribution in [3.63, 3.8) is 0 Å². The lowest BCUT2D eigenvalue weighted by Gasteiger charge is -2.12. The van der Waals surface area contributed by atoms with Crippen molar-refractivity contribution < 1.29 is 14.3 Å². The van der Waals surface area contributed by atoms with Gasteiger partial charge in [0.05, 0.1) is 12.8 Å². The molecule has 0 aliphatic carbocycles. The highest BCUT2D eigenvalue weighted by molar-refractivity contribution is 5.95. The van der Waals surface area contributed by atoms with E-state index in [-0.39, 0.29) is 11.9 Å². The van der Waals surface area contributed by atoms with Gasteiger partial charge >= 0.3 is 0 Å². The second-order valence-corrected chi connectivity index (χ2v) is 6.37. The lowest BCUT2D eigenvalue weighted by molar-refractivity contribution is 0.0939. The lowest BCUT2D eigenvalue weighted by atomic mass is 10.1. The number of nitrogens with one attached hydrogen (secondary N) is 1. The number of benzene rings is 2. The Hall–Kier alpha value is -3.41. The van der Waals surface area contributed by atoms with Gasteiger partial charge in [-0.1, -0.05) is 31.2 Å². The summed E-state index contributed by atoms with van der Waals surface area (Å²) in [6.45, 7) is 4.01. The van der Waals surface area contributed by atoms with Crippen molar-refractivity contribution in [2.45, 2.75) is 26.3 Å². The highest BCUT2D eigenvalue weighted by Gasteiger charge is 2.11. The minimum absolute atomic E-state index is 0.0970. The molecule has 28 heavy (non-hydrogen) atoms. The predicted molar refractivity (Wildman–Crippen MR) is 108 cm³/mol.